The Hall–Kier alpha value is -1.67. The maximum atomic E-state index is 14.1. The Morgan fingerprint density at radius 1 is 1.00 bits per heavy atom. The van der Waals surface area contributed by atoms with E-state index in [1.165, 1.54) is 5.56 Å². The molecule has 0 aliphatic heterocycles. The van der Waals surface area contributed by atoms with Crippen LogP contribution in [0, 0.1) is 5.82 Å². The number of nitrogens with one attached hydrogen (secondary N) is 1. The van der Waals surface area contributed by atoms with Crippen molar-refractivity contribution in [1.82, 2.24) is 5.32 Å². The molecule has 1 N–H and O–H groups in total. The molecule has 0 aromatic heterocycles. The fourth-order valence-electron chi connectivity index (χ4n) is 2.25. The fraction of sp³-hybridized carbons (Fsp3) is 0.294. The molecule has 0 aliphatic rings. The number of aryl methyl sites for hydroxylation is 1. The number of benzene rings is 2. The molecule has 0 atom stereocenters. The highest BCUT2D eigenvalue weighted by Crippen LogP contribution is 2.24. The Morgan fingerprint density at radius 3 is 2.26 bits per heavy atom. The number of halogens is 1. The van der Waals surface area contributed by atoms with Gasteiger partial charge in [0.2, 0.25) is 0 Å². The maximum Gasteiger partial charge on any atom is 0.131 e. The largest absolute Gasteiger partial charge is 0.316 e. The van der Waals surface area contributed by atoms with E-state index >= 15 is 0 Å². The summed E-state index contributed by atoms with van der Waals surface area (Å²) >= 11 is 0. The second-order valence-electron chi connectivity index (χ2n) is 4.79. The van der Waals surface area contributed by atoms with E-state index in [9.17, 15) is 4.39 Å². The topological polar surface area (TPSA) is 12.0 Å². The molecule has 2 heteroatoms. The van der Waals surface area contributed by atoms with Gasteiger partial charge in [-0.15, -0.1) is 0 Å². The van der Waals surface area contributed by atoms with Gasteiger partial charge in [0.1, 0.15) is 5.82 Å². The van der Waals surface area contributed by atoms with Gasteiger partial charge in [-0.2, -0.15) is 0 Å². The normalized spacial score (nSPS) is 10.7. The van der Waals surface area contributed by atoms with Crippen LogP contribution in [0.15, 0.2) is 42.5 Å². The SMILES string of the molecule is CCCc1ccc(-c2ccc(CNC)cc2F)cc1. The van der Waals surface area contributed by atoms with Gasteiger partial charge in [-0.05, 0) is 36.2 Å². The average Bonchev–Trinajstić information content (AvgIpc) is 2.41. The molecule has 2 aromatic carbocycles. The molecule has 1 nitrogen and oxygen atoms in total. The van der Waals surface area contributed by atoms with Crippen molar-refractivity contribution in [1.29, 1.82) is 0 Å². The highest BCUT2D eigenvalue weighted by molar-refractivity contribution is 5.64. The number of rotatable bonds is 5. The number of hydrogen-bond donors (Lipinski definition) is 1. The van der Waals surface area contributed by atoms with Gasteiger partial charge in [-0.3, -0.25) is 0 Å². The molecular formula is C17H20FN. The predicted octanol–water partition coefficient (Wildman–Crippen LogP) is 4.16. The quantitative estimate of drug-likeness (QED) is 0.848. The molecule has 0 fully saturated rings. The van der Waals surface area contributed by atoms with Crippen LogP contribution in [0.5, 0.6) is 0 Å². The van der Waals surface area contributed by atoms with Gasteiger partial charge in [0.15, 0.2) is 0 Å². The van der Waals surface area contributed by atoms with Crippen LogP contribution in [-0.2, 0) is 13.0 Å². The molecule has 0 radical (unpaired) electrons. The lowest BCUT2D eigenvalue weighted by molar-refractivity contribution is 0.627. The minimum Gasteiger partial charge on any atom is -0.316 e. The molecule has 0 aliphatic carbocycles. The fourth-order valence-corrected chi connectivity index (χ4v) is 2.25. The van der Waals surface area contributed by atoms with Crippen LogP contribution in [-0.4, -0.2) is 7.05 Å². The summed E-state index contributed by atoms with van der Waals surface area (Å²) in [6.45, 7) is 2.85. The first-order valence-electron chi connectivity index (χ1n) is 6.77. The van der Waals surface area contributed by atoms with Crippen LogP contribution in [0.25, 0.3) is 11.1 Å². The van der Waals surface area contributed by atoms with Crippen molar-refractivity contribution in [2.45, 2.75) is 26.3 Å². The Kier molecular flexibility index (Phi) is 4.69. The second kappa shape index (κ2) is 6.48. The van der Waals surface area contributed by atoms with Crippen LogP contribution in [0.1, 0.15) is 24.5 Å². The van der Waals surface area contributed by atoms with E-state index in [1.807, 2.05) is 31.3 Å². The molecular weight excluding hydrogens is 237 g/mol. The monoisotopic (exact) mass is 257 g/mol. The van der Waals surface area contributed by atoms with Crippen LogP contribution in [0.3, 0.4) is 0 Å². The first-order valence-corrected chi connectivity index (χ1v) is 6.77. The lowest BCUT2D eigenvalue weighted by atomic mass is 10.0. The van der Waals surface area contributed by atoms with E-state index in [0.717, 1.165) is 24.0 Å². The van der Waals surface area contributed by atoms with Crippen molar-refractivity contribution >= 4 is 0 Å². The summed E-state index contributed by atoms with van der Waals surface area (Å²) in [6, 6.07) is 13.6. The second-order valence-corrected chi connectivity index (χ2v) is 4.79. The van der Waals surface area contributed by atoms with Crippen LogP contribution in [0.2, 0.25) is 0 Å². The smallest absolute Gasteiger partial charge is 0.131 e. The van der Waals surface area contributed by atoms with Gasteiger partial charge in [0.25, 0.3) is 0 Å². The summed E-state index contributed by atoms with van der Waals surface area (Å²) in [7, 11) is 1.86. The molecule has 2 rings (SSSR count). The van der Waals surface area contributed by atoms with Gasteiger partial charge < -0.3 is 5.32 Å². The van der Waals surface area contributed by atoms with Crippen LogP contribution >= 0.6 is 0 Å². The summed E-state index contributed by atoms with van der Waals surface area (Å²) in [4.78, 5) is 0. The van der Waals surface area contributed by atoms with E-state index in [4.69, 9.17) is 0 Å². The zero-order valence-corrected chi connectivity index (χ0v) is 11.5. The van der Waals surface area contributed by atoms with Gasteiger partial charge in [-0.25, -0.2) is 4.39 Å². The van der Waals surface area contributed by atoms with Crippen LogP contribution in [0.4, 0.5) is 4.39 Å². The highest BCUT2D eigenvalue weighted by Gasteiger charge is 2.06. The molecule has 0 bridgehead atoms. The molecule has 2 aromatic rings. The van der Waals surface area contributed by atoms with Gasteiger partial charge in [0.05, 0.1) is 0 Å². The third-order valence-corrected chi connectivity index (χ3v) is 3.22. The summed E-state index contributed by atoms with van der Waals surface area (Å²) in [5, 5.41) is 3.03. The van der Waals surface area contributed by atoms with Gasteiger partial charge in [0, 0.05) is 12.1 Å². The standard InChI is InChI=1S/C17H20FN/c1-3-4-13-5-8-15(9-6-13)16-10-7-14(12-19-2)11-17(16)18/h5-11,19H,3-4,12H2,1-2H3. The minimum absolute atomic E-state index is 0.156. The molecule has 0 saturated heterocycles. The molecule has 0 spiro atoms. The lowest BCUT2D eigenvalue weighted by Crippen LogP contribution is -2.05. The zero-order chi connectivity index (χ0) is 13.7. The molecule has 0 heterocycles. The molecule has 19 heavy (non-hydrogen) atoms. The third-order valence-electron chi connectivity index (χ3n) is 3.22. The Bertz CT molecular complexity index is 531. The number of hydrogen-bond acceptors (Lipinski definition) is 1. The molecule has 0 unspecified atom stereocenters. The van der Waals surface area contributed by atoms with E-state index in [1.54, 1.807) is 6.07 Å². The average molecular weight is 257 g/mol. The van der Waals surface area contributed by atoms with Gasteiger partial charge >= 0.3 is 0 Å². The van der Waals surface area contributed by atoms with E-state index in [2.05, 4.69) is 24.4 Å². The van der Waals surface area contributed by atoms with Crippen molar-refractivity contribution in [3.05, 3.63) is 59.4 Å². The highest BCUT2D eigenvalue weighted by atomic mass is 19.1. The van der Waals surface area contributed by atoms with E-state index in [-0.39, 0.29) is 5.82 Å². The summed E-state index contributed by atoms with van der Waals surface area (Å²) in [6.07, 6.45) is 2.20. The van der Waals surface area contributed by atoms with Crippen molar-refractivity contribution < 1.29 is 4.39 Å². The first kappa shape index (κ1) is 13.8. The van der Waals surface area contributed by atoms with Crippen molar-refractivity contribution in [2.24, 2.45) is 0 Å². The van der Waals surface area contributed by atoms with Gasteiger partial charge in [-0.1, -0.05) is 49.7 Å². The van der Waals surface area contributed by atoms with E-state index in [0.29, 0.717) is 12.1 Å². The Balaban J connectivity index is 2.25. The van der Waals surface area contributed by atoms with Crippen LogP contribution < -0.4 is 5.32 Å². The zero-order valence-electron chi connectivity index (χ0n) is 11.5. The van der Waals surface area contributed by atoms with Crippen molar-refractivity contribution in [2.75, 3.05) is 7.05 Å². The third kappa shape index (κ3) is 3.42. The summed E-state index contributed by atoms with van der Waals surface area (Å²) in [5.74, 6) is -0.156. The maximum absolute atomic E-state index is 14.1. The predicted molar refractivity (Wildman–Crippen MR) is 78.6 cm³/mol. The van der Waals surface area contributed by atoms with Crippen molar-refractivity contribution in [3.8, 4) is 11.1 Å². The molecule has 100 valence electrons. The lowest BCUT2D eigenvalue weighted by Gasteiger charge is -2.07. The molecule has 0 amide bonds. The van der Waals surface area contributed by atoms with E-state index < -0.39 is 0 Å². The molecule has 0 saturated carbocycles. The Morgan fingerprint density at radius 2 is 1.68 bits per heavy atom. The Labute approximate surface area is 114 Å². The summed E-state index contributed by atoms with van der Waals surface area (Å²) in [5.41, 5.74) is 3.88. The minimum atomic E-state index is -0.156. The van der Waals surface area contributed by atoms with Crippen molar-refractivity contribution in [3.63, 3.8) is 0 Å². The summed E-state index contributed by atoms with van der Waals surface area (Å²) < 4.78 is 14.1. The first-order chi connectivity index (χ1) is 9.24.